The Hall–Kier alpha value is -2.14. The molecular formula is C40H70O5. The number of hydrogen-bond acceptors (Lipinski definition) is 5. The van der Waals surface area contributed by atoms with Crippen LogP contribution in [-0.4, -0.2) is 36.4 Å². The minimum Gasteiger partial charge on any atom is -0.462 e. The predicted molar refractivity (Wildman–Crippen MR) is 191 cm³/mol. The van der Waals surface area contributed by atoms with E-state index in [1.54, 1.807) is 0 Å². The SMILES string of the molecule is CC/C=C\C/C=C\C/C=C\C/C=C\CCCCC(=O)OC[C@H](CO)OC(=O)CCCCCCCCCCCCCCCCCC. The summed E-state index contributed by atoms with van der Waals surface area (Å²) < 4.78 is 10.6. The van der Waals surface area contributed by atoms with Crippen molar-refractivity contribution in [3.05, 3.63) is 48.6 Å². The average Bonchev–Trinajstić information content (AvgIpc) is 3.04. The normalized spacial score (nSPS) is 12.7. The van der Waals surface area contributed by atoms with Gasteiger partial charge in [0.05, 0.1) is 6.61 Å². The first kappa shape index (κ1) is 42.9. The van der Waals surface area contributed by atoms with Gasteiger partial charge in [0.15, 0.2) is 6.10 Å². The van der Waals surface area contributed by atoms with E-state index >= 15 is 0 Å². The summed E-state index contributed by atoms with van der Waals surface area (Å²) in [6, 6.07) is 0. The molecule has 0 spiro atoms. The summed E-state index contributed by atoms with van der Waals surface area (Å²) in [6.07, 6.45) is 44.6. The summed E-state index contributed by atoms with van der Waals surface area (Å²) in [5.41, 5.74) is 0. The lowest BCUT2D eigenvalue weighted by Crippen LogP contribution is -2.28. The van der Waals surface area contributed by atoms with E-state index in [0.717, 1.165) is 64.2 Å². The van der Waals surface area contributed by atoms with Crippen LogP contribution < -0.4 is 0 Å². The van der Waals surface area contributed by atoms with E-state index in [0.29, 0.717) is 12.8 Å². The zero-order valence-corrected chi connectivity index (χ0v) is 29.4. The molecule has 1 atom stereocenters. The smallest absolute Gasteiger partial charge is 0.306 e. The number of rotatable bonds is 33. The first-order valence-electron chi connectivity index (χ1n) is 18.7. The monoisotopic (exact) mass is 631 g/mol. The molecular weight excluding hydrogens is 560 g/mol. The molecule has 0 aliphatic carbocycles. The Kier molecular flexibility index (Phi) is 34.6. The largest absolute Gasteiger partial charge is 0.462 e. The Bertz CT molecular complexity index is 767. The van der Waals surface area contributed by atoms with Gasteiger partial charge < -0.3 is 14.6 Å². The van der Waals surface area contributed by atoms with E-state index in [4.69, 9.17) is 9.47 Å². The number of esters is 2. The van der Waals surface area contributed by atoms with E-state index in [1.165, 1.54) is 83.5 Å². The minimum absolute atomic E-state index is 0.0864. The lowest BCUT2D eigenvalue weighted by molar-refractivity contribution is -0.161. The molecule has 0 bridgehead atoms. The van der Waals surface area contributed by atoms with E-state index in [2.05, 4.69) is 62.5 Å². The van der Waals surface area contributed by atoms with Crippen LogP contribution in [0.4, 0.5) is 0 Å². The van der Waals surface area contributed by atoms with Crippen LogP contribution in [0, 0.1) is 0 Å². The number of aliphatic hydroxyl groups is 1. The number of carbonyl (C=O) groups excluding carboxylic acids is 2. The fraction of sp³-hybridized carbons (Fsp3) is 0.750. The van der Waals surface area contributed by atoms with Crippen LogP contribution >= 0.6 is 0 Å². The number of carbonyl (C=O) groups is 2. The standard InChI is InChI=1S/C40H70O5/c1-3-5-7-9-11-13-15-17-19-21-23-25-27-29-31-33-35-40(43)45-38(36-41)37-44-39(42)34-32-30-28-26-24-22-20-18-16-14-12-10-8-6-4-2/h6,8,12,14,18,20,24,26,38,41H,3-5,7,9-11,13,15-17,19,21-23,25,27-37H2,1-2H3/b8-6-,14-12-,20-18-,26-24-/t38-/m0/s1. The van der Waals surface area contributed by atoms with Crippen LogP contribution in [0.2, 0.25) is 0 Å². The second kappa shape index (κ2) is 36.3. The van der Waals surface area contributed by atoms with Crippen LogP contribution in [0.25, 0.3) is 0 Å². The summed E-state index contributed by atoms with van der Waals surface area (Å²) in [6.45, 7) is 3.98. The molecule has 45 heavy (non-hydrogen) atoms. The third kappa shape index (κ3) is 34.6. The quantitative estimate of drug-likeness (QED) is 0.0444. The van der Waals surface area contributed by atoms with Gasteiger partial charge in [-0.05, 0) is 51.4 Å². The second-order valence-corrected chi connectivity index (χ2v) is 12.3. The molecule has 0 radical (unpaired) electrons. The molecule has 0 aliphatic heterocycles. The number of allylic oxidation sites excluding steroid dienone is 8. The fourth-order valence-corrected chi connectivity index (χ4v) is 5.07. The maximum absolute atomic E-state index is 12.1. The van der Waals surface area contributed by atoms with Crippen molar-refractivity contribution in [2.45, 2.75) is 180 Å². The molecule has 1 N–H and O–H groups in total. The molecule has 5 nitrogen and oxygen atoms in total. The first-order chi connectivity index (χ1) is 22.1. The predicted octanol–water partition coefficient (Wildman–Crippen LogP) is 11.5. The number of unbranched alkanes of at least 4 members (excludes halogenated alkanes) is 17. The van der Waals surface area contributed by atoms with Crippen molar-refractivity contribution >= 4 is 11.9 Å². The summed E-state index contributed by atoms with van der Waals surface area (Å²) in [7, 11) is 0. The molecule has 0 saturated carbocycles. The Morgan fingerprint density at radius 3 is 1.44 bits per heavy atom. The number of hydrogen-bond donors (Lipinski definition) is 1. The summed E-state index contributed by atoms with van der Waals surface area (Å²) in [5, 5.41) is 9.53. The molecule has 0 aromatic rings. The minimum atomic E-state index is -0.785. The van der Waals surface area contributed by atoms with Gasteiger partial charge in [-0.2, -0.15) is 0 Å². The van der Waals surface area contributed by atoms with Gasteiger partial charge in [0.2, 0.25) is 0 Å². The average molecular weight is 631 g/mol. The van der Waals surface area contributed by atoms with Crippen LogP contribution in [0.1, 0.15) is 174 Å². The van der Waals surface area contributed by atoms with Crippen molar-refractivity contribution in [1.82, 2.24) is 0 Å². The van der Waals surface area contributed by atoms with E-state index < -0.39 is 6.10 Å². The third-order valence-corrected chi connectivity index (χ3v) is 7.89. The van der Waals surface area contributed by atoms with Crippen LogP contribution in [0.3, 0.4) is 0 Å². The number of aliphatic hydroxyl groups excluding tert-OH is 1. The van der Waals surface area contributed by atoms with Gasteiger partial charge in [-0.25, -0.2) is 0 Å². The maximum Gasteiger partial charge on any atom is 0.306 e. The highest BCUT2D eigenvalue weighted by Crippen LogP contribution is 2.14. The molecule has 0 unspecified atom stereocenters. The molecule has 0 fully saturated rings. The van der Waals surface area contributed by atoms with Crippen molar-refractivity contribution in [1.29, 1.82) is 0 Å². The Morgan fingerprint density at radius 2 is 0.956 bits per heavy atom. The van der Waals surface area contributed by atoms with E-state index in [1.807, 2.05) is 0 Å². The molecule has 0 amide bonds. The molecule has 0 aromatic heterocycles. The van der Waals surface area contributed by atoms with E-state index in [9.17, 15) is 14.7 Å². The molecule has 5 heteroatoms. The maximum atomic E-state index is 12.1. The van der Waals surface area contributed by atoms with E-state index in [-0.39, 0.29) is 25.2 Å². The highest BCUT2D eigenvalue weighted by Gasteiger charge is 2.16. The van der Waals surface area contributed by atoms with Gasteiger partial charge >= 0.3 is 11.9 Å². The second-order valence-electron chi connectivity index (χ2n) is 12.3. The van der Waals surface area contributed by atoms with Crippen molar-refractivity contribution in [2.75, 3.05) is 13.2 Å². The zero-order valence-electron chi connectivity index (χ0n) is 29.4. The summed E-state index contributed by atoms with van der Waals surface area (Å²) in [5.74, 6) is -0.638. The van der Waals surface area contributed by atoms with Crippen molar-refractivity contribution in [3.63, 3.8) is 0 Å². The molecule has 0 rings (SSSR count). The van der Waals surface area contributed by atoms with Gasteiger partial charge in [-0.15, -0.1) is 0 Å². The van der Waals surface area contributed by atoms with Gasteiger partial charge in [-0.1, -0.05) is 159 Å². The van der Waals surface area contributed by atoms with Crippen LogP contribution in [-0.2, 0) is 19.1 Å². The molecule has 0 heterocycles. The van der Waals surface area contributed by atoms with Gasteiger partial charge in [0, 0.05) is 12.8 Å². The first-order valence-corrected chi connectivity index (χ1v) is 18.7. The lowest BCUT2D eigenvalue weighted by atomic mass is 10.0. The van der Waals surface area contributed by atoms with Crippen LogP contribution in [0.5, 0.6) is 0 Å². The van der Waals surface area contributed by atoms with Crippen molar-refractivity contribution in [3.8, 4) is 0 Å². The highest BCUT2D eigenvalue weighted by atomic mass is 16.6. The topological polar surface area (TPSA) is 72.8 Å². The molecule has 260 valence electrons. The van der Waals surface area contributed by atoms with Gasteiger partial charge in [0.1, 0.15) is 6.61 Å². The third-order valence-electron chi connectivity index (χ3n) is 7.89. The van der Waals surface area contributed by atoms with Crippen molar-refractivity contribution in [2.24, 2.45) is 0 Å². The van der Waals surface area contributed by atoms with Crippen molar-refractivity contribution < 1.29 is 24.2 Å². The summed E-state index contributed by atoms with van der Waals surface area (Å²) >= 11 is 0. The highest BCUT2D eigenvalue weighted by molar-refractivity contribution is 5.70. The fourth-order valence-electron chi connectivity index (χ4n) is 5.07. The molecule has 0 saturated heterocycles. The number of ether oxygens (including phenoxy) is 2. The summed E-state index contributed by atoms with van der Waals surface area (Å²) in [4.78, 5) is 24.2. The Labute approximate surface area is 278 Å². The lowest BCUT2D eigenvalue weighted by Gasteiger charge is -2.15. The Morgan fingerprint density at radius 1 is 0.533 bits per heavy atom. The van der Waals surface area contributed by atoms with Crippen LogP contribution in [0.15, 0.2) is 48.6 Å². The Balaban J connectivity index is 3.62. The molecule has 0 aromatic carbocycles. The van der Waals surface area contributed by atoms with Gasteiger partial charge in [-0.3, -0.25) is 9.59 Å². The molecule has 0 aliphatic rings. The zero-order chi connectivity index (χ0) is 32.9. The van der Waals surface area contributed by atoms with Gasteiger partial charge in [0.25, 0.3) is 0 Å².